The molecule has 0 aromatic heterocycles. The third kappa shape index (κ3) is 4.57. The van der Waals surface area contributed by atoms with Gasteiger partial charge >= 0.3 is 11.9 Å². The summed E-state index contributed by atoms with van der Waals surface area (Å²) in [4.78, 5) is 25.7. The van der Waals surface area contributed by atoms with Crippen molar-refractivity contribution in [3.05, 3.63) is 35.9 Å². The summed E-state index contributed by atoms with van der Waals surface area (Å²) >= 11 is 6.74. The highest BCUT2D eigenvalue weighted by molar-refractivity contribution is 6.30. The molecule has 0 unspecified atom stereocenters. The van der Waals surface area contributed by atoms with Gasteiger partial charge in [0, 0.05) is 18.9 Å². The van der Waals surface area contributed by atoms with Crippen molar-refractivity contribution >= 4 is 23.5 Å². The zero-order valence-corrected chi connectivity index (χ0v) is 22.6. The molecule has 36 heavy (non-hydrogen) atoms. The van der Waals surface area contributed by atoms with Crippen molar-refractivity contribution in [3.8, 4) is 0 Å². The highest BCUT2D eigenvalue weighted by Gasteiger charge is 2.72. The van der Waals surface area contributed by atoms with Gasteiger partial charge in [-0.15, -0.1) is 11.6 Å². The van der Waals surface area contributed by atoms with Gasteiger partial charge in [0.2, 0.25) is 0 Å². The number of hydrogen-bond donors (Lipinski definition) is 1. The van der Waals surface area contributed by atoms with E-state index in [9.17, 15) is 14.7 Å². The minimum atomic E-state index is -1.04. The van der Waals surface area contributed by atoms with Crippen molar-refractivity contribution in [2.24, 2.45) is 23.7 Å². The van der Waals surface area contributed by atoms with Crippen LogP contribution in [0, 0.1) is 23.7 Å². The molecule has 4 rings (SSSR count). The molecule has 2 aliphatic heterocycles. The van der Waals surface area contributed by atoms with Crippen LogP contribution in [0.25, 0.3) is 0 Å². The fourth-order valence-corrected chi connectivity index (χ4v) is 7.20. The van der Waals surface area contributed by atoms with E-state index in [0.29, 0.717) is 18.9 Å². The Balaban J connectivity index is 1.67. The number of fused-ring (bicyclic) bond motifs is 4. The molecule has 8 heteroatoms. The predicted molar refractivity (Wildman–Crippen MR) is 134 cm³/mol. The smallest absolute Gasteiger partial charge is 0.332 e. The zero-order chi connectivity index (χ0) is 26.3. The Morgan fingerprint density at radius 3 is 2.50 bits per heavy atom. The van der Waals surface area contributed by atoms with E-state index in [4.69, 9.17) is 30.5 Å². The third-order valence-electron chi connectivity index (χ3n) is 8.76. The van der Waals surface area contributed by atoms with Crippen molar-refractivity contribution in [2.75, 3.05) is 13.2 Å². The van der Waals surface area contributed by atoms with E-state index in [1.165, 1.54) is 0 Å². The minimum Gasteiger partial charge on any atom is -0.458 e. The lowest BCUT2D eigenvalue weighted by molar-refractivity contribution is -0.266. The van der Waals surface area contributed by atoms with Crippen LogP contribution < -0.4 is 0 Å². The fourth-order valence-electron chi connectivity index (χ4n) is 6.93. The quantitative estimate of drug-likeness (QED) is 0.378. The number of alkyl halides is 1. The van der Waals surface area contributed by atoms with E-state index in [1.54, 1.807) is 0 Å². The second-order valence-corrected chi connectivity index (χ2v) is 11.5. The fraction of sp³-hybridized carbons (Fsp3) is 0.714. The number of aliphatic hydroxyl groups excluding tert-OH is 1. The lowest BCUT2D eigenvalue weighted by atomic mass is 9.69. The predicted octanol–water partition coefficient (Wildman–Crippen LogP) is 4.44. The molecule has 2 bridgehead atoms. The van der Waals surface area contributed by atoms with E-state index in [1.807, 2.05) is 58.0 Å². The van der Waals surface area contributed by atoms with Gasteiger partial charge in [-0.25, -0.2) is 4.79 Å². The van der Waals surface area contributed by atoms with Crippen LogP contribution in [0.3, 0.4) is 0 Å². The number of benzene rings is 1. The van der Waals surface area contributed by atoms with Gasteiger partial charge in [-0.05, 0) is 50.0 Å². The van der Waals surface area contributed by atoms with Crippen LogP contribution in [0.1, 0.15) is 65.5 Å². The van der Waals surface area contributed by atoms with Gasteiger partial charge in [0.25, 0.3) is 0 Å². The summed E-state index contributed by atoms with van der Waals surface area (Å²) in [5, 5.41) is 8.30. The first-order valence-electron chi connectivity index (χ1n) is 13.1. The number of halogens is 1. The van der Waals surface area contributed by atoms with Crippen molar-refractivity contribution < 1.29 is 33.6 Å². The average molecular weight is 523 g/mol. The molecule has 7 nitrogen and oxygen atoms in total. The Kier molecular flexibility index (Phi) is 8.06. The number of aliphatic hydroxyl groups is 1. The largest absolute Gasteiger partial charge is 0.458 e. The van der Waals surface area contributed by atoms with Crippen LogP contribution in [-0.2, 0) is 28.5 Å². The number of ether oxygens (including phenoxy) is 4. The number of carbonyl (C=O) groups excluding carboxylic acids is 2. The van der Waals surface area contributed by atoms with Crippen molar-refractivity contribution in [3.63, 3.8) is 0 Å². The molecular weight excluding hydrogens is 484 g/mol. The molecule has 9 atom stereocenters. The summed E-state index contributed by atoms with van der Waals surface area (Å²) in [6.45, 7) is 9.86. The Labute approximate surface area is 218 Å². The van der Waals surface area contributed by atoms with Crippen LogP contribution in [-0.4, -0.2) is 59.0 Å². The molecule has 1 saturated carbocycles. The van der Waals surface area contributed by atoms with E-state index in [-0.39, 0.29) is 17.8 Å². The normalized spacial score (nSPS) is 36.8. The topological polar surface area (TPSA) is 91.3 Å². The summed E-state index contributed by atoms with van der Waals surface area (Å²) in [5.74, 6) is -0.847. The lowest BCUT2D eigenvalue weighted by Gasteiger charge is -2.53. The highest BCUT2D eigenvalue weighted by atomic mass is 35.5. The van der Waals surface area contributed by atoms with Crippen molar-refractivity contribution in [1.82, 2.24) is 0 Å². The molecular formula is C28H39ClO7. The number of esters is 2. The monoisotopic (exact) mass is 522 g/mol. The van der Waals surface area contributed by atoms with Gasteiger partial charge in [0.15, 0.2) is 5.38 Å². The Hall–Kier alpha value is -1.67. The van der Waals surface area contributed by atoms with Crippen LogP contribution >= 0.6 is 11.6 Å². The van der Waals surface area contributed by atoms with E-state index < -0.39 is 53.4 Å². The second kappa shape index (κ2) is 10.6. The summed E-state index contributed by atoms with van der Waals surface area (Å²) in [6.07, 6.45) is 0.519. The molecule has 1 aromatic rings. The van der Waals surface area contributed by atoms with Crippen LogP contribution in [0.15, 0.2) is 30.3 Å². The Bertz CT molecular complexity index is 939. The molecule has 3 fully saturated rings. The average Bonchev–Trinajstić information content (AvgIpc) is 3.38. The maximum Gasteiger partial charge on any atom is 0.332 e. The van der Waals surface area contributed by atoms with Crippen molar-refractivity contribution in [1.29, 1.82) is 0 Å². The molecule has 3 aliphatic rings. The molecule has 0 radical (unpaired) electrons. The first kappa shape index (κ1) is 27.4. The number of hydrogen-bond acceptors (Lipinski definition) is 7. The van der Waals surface area contributed by atoms with Gasteiger partial charge in [-0.1, -0.05) is 51.1 Å². The number of rotatable bonds is 9. The summed E-state index contributed by atoms with van der Waals surface area (Å²) in [7, 11) is 0. The Morgan fingerprint density at radius 2 is 1.89 bits per heavy atom. The molecule has 0 spiro atoms. The van der Waals surface area contributed by atoms with Crippen molar-refractivity contribution in [2.45, 2.75) is 88.8 Å². The molecule has 200 valence electrons. The summed E-state index contributed by atoms with van der Waals surface area (Å²) < 4.78 is 24.8. The maximum atomic E-state index is 13.6. The molecule has 1 aliphatic carbocycles. The van der Waals surface area contributed by atoms with E-state index in [2.05, 4.69) is 6.92 Å². The van der Waals surface area contributed by atoms with Gasteiger partial charge in [-0.2, -0.15) is 0 Å². The lowest BCUT2D eigenvalue weighted by Crippen LogP contribution is -2.62. The van der Waals surface area contributed by atoms with Crippen LogP contribution in [0.2, 0.25) is 0 Å². The SMILES string of the molecule is CCO[C@@H](c1ccccc1)[C@@H](Cl)C(=O)O[C@H]1[C@@H]2[C@H](C)CC[C@@H]2[C@]2(C)O[C@@]1(C(C)C)C[C@H]2OC(=O)CO. The summed E-state index contributed by atoms with van der Waals surface area (Å²) in [6, 6.07) is 9.45. The first-order chi connectivity index (χ1) is 17.1. The molecule has 0 amide bonds. The molecule has 2 saturated heterocycles. The Morgan fingerprint density at radius 1 is 1.19 bits per heavy atom. The standard InChI is InChI=1S/C28H39ClO7/c1-6-33-24(18-10-8-7-9-11-18)23(29)26(32)35-25-22-17(4)12-13-19(22)27(5)20(34-21(31)15-30)14-28(25,36-27)16(2)3/h7-11,16-17,19-20,22-25,30H,6,12-15H2,1-5H3/t17-,19+,20-,22-,23-,24+,25+,27+,28-/m1/s1. The van der Waals surface area contributed by atoms with Gasteiger partial charge < -0.3 is 24.1 Å². The summed E-state index contributed by atoms with van der Waals surface area (Å²) in [5.41, 5.74) is -0.743. The second-order valence-electron chi connectivity index (χ2n) is 11.0. The third-order valence-corrected chi connectivity index (χ3v) is 9.17. The zero-order valence-electron chi connectivity index (χ0n) is 21.8. The maximum absolute atomic E-state index is 13.6. The molecule has 1 N–H and O–H groups in total. The van der Waals surface area contributed by atoms with Gasteiger partial charge in [-0.3, -0.25) is 4.79 Å². The highest BCUT2D eigenvalue weighted by Crippen LogP contribution is 2.63. The molecule has 1 aromatic carbocycles. The van der Waals surface area contributed by atoms with Crippen LogP contribution in [0.4, 0.5) is 0 Å². The van der Waals surface area contributed by atoms with Gasteiger partial charge in [0.05, 0.1) is 0 Å². The number of carbonyl (C=O) groups is 2. The van der Waals surface area contributed by atoms with Crippen LogP contribution in [0.5, 0.6) is 0 Å². The first-order valence-corrected chi connectivity index (χ1v) is 13.5. The van der Waals surface area contributed by atoms with Gasteiger partial charge in [0.1, 0.15) is 36.1 Å². The minimum absolute atomic E-state index is 0.0215. The molecule has 2 heterocycles. The van der Waals surface area contributed by atoms with E-state index >= 15 is 0 Å². The van der Waals surface area contributed by atoms with E-state index in [0.717, 1.165) is 18.4 Å².